The van der Waals surface area contributed by atoms with Crippen LogP contribution in [0.1, 0.15) is 36.4 Å². The molecule has 3 aliphatic heterocycles. The van der Waals surface area contributed by atoms with E-state index in [0.717, 1.165) is 42.6 Å². The second kappa shape index (κ2) is 9.05. The lowest BCUT2D eigenvalue weighted by molar-refractivity contribution is -0.131. The zero-order chi connectivity index (χ0) is 22.9. The van der Waals surface area contributed by atoms with Crippen molar-refractivity contribution in [2.24, 2.45) is 11.0 Å². The normalized spacial score (nSPS) is 20.0. The first-order valence-corrected chi connectivity index (χ1v) is 12.5. The molecule has 0 saturated carbocycles. The molecule has 1 fully saturated rings. The zero-order valence-corrected chi connectivity index (χ0v) is 19.9. The molecule has 1 aromatic carbocycles. The molecule has 1 aromatic heterocycles. The standard InChI is InChI=1S/C24H30N6O2S/c1-17(2)16-29-23(32)22-19(10-15-33-22)30-20(25-26-24(29)30)8-9-21(31)28-13-11-27(12-14-28)18-6-4-3-5-7-18/h3-7,10,15,17,24,26H,8-9,11-14,16H2,1-2H3. The van der Waals surface area contributed by atoms with Crippen molar-refractivity contribution < 1.29 is 9.59 Å². The fourth-order valence-corrected chi connectivity index (χ4v) is 5.58. The summed E-state index contributed by atoms with van der Waals surface area (Å²) in [7, 11) is 0. The second-order valence-electron chi connectivity index (χ2n) is 9.09. The minimum absolute atomic E-state index is 0.0475. The predicted octanol–water partition coefficient (Wildman–Crippen LogP) is 3.00. The molecule has 2 amide bonds. The molecular weight excluding hydrogens is 436 g/mol. The Morgan fingerprint density at radius 3 is 2.64 bits per heavy atom. The minimum atomic E-state index is -0.318. The summed E-state index contributed by atoms with van der Waals surface area (Å²) >= 11 is 1.47. The molecule has 0 bridgehead atoms. The van der Waals surface area contributed by atoms with Crippen molar-refractivity contribution in [1.29, 1.82) is 0 Å². The van der Waals surface area contributed by atoms with Gasteiger partial charge in [-0.05, 0) is 29.5 Å². The van der Waals surface area contributed by atoms with E-state index in [9.17, 15) is 9.59 Å². The number of rotatable bonds is 6. The SMILES string of the molecule is CC(C)CN1C(=O)c2sccc2N2C(CCC(=O)N3CCN(c4ccccc4)CC3)=NNC12. The third kappa shape index (κ3) is 4.17. The Labute approximate surface area is 198 Å². The molecule has 9 heteroatoms. The Hall–Kier alpha value is -3.07. The van der Waals surface area contributed by atoms with Gasteiger partial charge in [-0.3, -0.25) is 24.8 Å². The van der Waals surface area contributed by atoms with Crippen molar-refractivity contribution in [3.8, 4) is 0 Å². The predicted molar refractivity (Wildman–Crippen MR) is 132 cm³/mol. The number of hydrogen-bond acceptors (Lipinski definition) is 7. The summed E-state index contributed by atoms with van der Waals surface area (Å²) in [6, 6.07) is 12.3. The number of carbonyl (C=O) groups excluding carboxylic acids is 2. The Morgan fingerprint density at radius 1 is 1.15 bits per heavy atom. The first-order valence-electron chi connectivity index (χ1n) is 11.6. The average molecular weight is 467 g/mol. The van der Waals surface area contributed by atoms with E-state index in [-0.39, 0.29) is 18.1 Å². The molecular formula is C24H30N6O2S. The summed E-state index contributed by atoms with van der Waals surface area (Å²) < 4.78 is 0. The van der Waals surface area contributed by atoms with Crippen molar-refractivity contribution in [1.82, 2.24) is 15.2 Å². The summed E-state index contributed by atoms with van der Waals surface area (Å²) in [5.74, 6) is 1.37. The molecule has 1 saturated heterocycles. The van der Waals surface area contributed by atoms with Crippen molar-refractivity contribution >= 4 is 40.4 Å². The molecule has 8 nitrogen and oxygen atoms in total. The van der Waals surface area contributed by atoms with E-state index in [1.165, 1.54) is 17.0 Å². The highest BCUT2D eigenvalue weighted by Crippen LogP contribution is 2.37. The largest absolute Gasteiger partial charge is 0.368 e. The summed E-state index contributed by atoms with van der Waals surface area (Å²) in [4.78, 5) is 35.0. The van der Waals surface area contributed by atoms with Crippen molar-refractivity contribution in [3.63, 3.8) is 0 Å². The van der Waals surface area contributed by atoms with Gasteiger partial charge in [0.15, 0.2) is 0 Å². The molecule has 5 rings (SSSR count). The molecule has 33 heavy (non-hydrogen) atoms. The van der Waals surface area contributed by atoms with E-state index in [1.807, 2.05) is 39.4 Å². The number of anilines is 2. The number of piperazine rings is 1. The Balaban J connectivity index is 1.21. The van der Waals surface area contributed by atoms with Gasteiger partial charge in [0, 0.05) is 51.3 Å². The highest BCUT2D eigenvalue weighted by Gasteiger charge is 2.43. The third-order valence-corrected chi connectivity index (χ3v) is 7.26. The van der Waals surface area contributed by atoms with Gasteiger partial charge in [0.25, 0.3) is 5.91 Å². The fraction of sp³-hybridized carbons (Fsp3) is 0.458. The molecule has 1 atom stereocenters. The van der Waals surface area contributed by atoms with Crippen LogP contribution >= 0.6 is 11.3 Å². The quantitative estimate of drug-likeness (QED) is 0.709. The van der Waals surface area contributed by atoms with Crippen molar-refractivity contribution in [2.45, 2.75) is 33.0 Å². The molecule has 1 N–H and O–H groups in total. The van der Waals surface area contributed by atoms with Gasteiger partial charge >= 0.3 is 0 Å². The van der Waals surface area contributed by atoms with Crippen LogP contribution in [0.4, 0.5) is 11.4 Å². The van der Waals surface area contributed by atoms with Gasteiger partial charge in [0.05, 0.1) is 5.69 Å². The van der Waals surface area contributed by atoms with Crippen LogP contribution < -0.4 is 15.2 Å². The van der Waals surface area contributed by atoms with E-state index < -0.39 is 0 Å². The minimum Gasteiger partial charge on any atom is -0.368 e. The van der Waals surface area contributed by atoms with E-state index in [1.54, 1.807) is 0 Å². The van der Waals surface area contributed by atoms with Crippen LogP contribution in [0.15, 0.2) is 46.9 Å². The Kier molecular flexibility index (Phi) is 5.97. The number of hydrazone groups is 1. The van der Waals surface area contributed by atoms with Crippen LogP contribution in [-0.4, -0.2) is 66.5 Å². The zero-order valence-electron chi connectivity index (χ0n) is 19.1. The number of thiophene rings is 1. The maximum absolute atomic E-state index is 13.0. The van der Waals surface area contributed by atoms with Gasteiger partial charge < -0.3 is 9.80 Å². The number of fused-ring (bicyclic) bond motifs is 3. The first kappa shape index (κ1) is 21.8. The summed E-state index contributed by atoms with van der Waals surface area (Å²) in [6.07, 6.45) is 0.633. The number of benzene rings is 1. The number of nitrogens with zero attached hydrogens (tertiary/aromatic N) is 5. The summed E-state index contributed by atoms with van der Waals surface area (Å²) in [5, 5.41) is 6.49. The lowest BCUT2D eigenvalue weighted by atomic mass is 10.1. The molecule has 3 aliphatic rings. The lowest BCUT2D eigenvalue weighted by Crippen LogP contribution is -2.59. The van der Waals surface area contributed by atoms with Gasteiger partial charge in [-0.25, -0.2) is 0 Å². The Morgan fingerprint density at radius 2 is 1.91 bits per heavy atom. The average Bonchev–Trinajstić information content (AvgIpc) is 3.48. The highest BCUT2D eigenvalue weighted by atomic mass is 32.1. The second-order valence-corrected chi connectivity index (χ2v) is 10.0. The monoisotopic (exact) mass is 466 g/mol. The van der Waals surface area contributed by atoms with E-state index in [4.69, 9.17) is 0 Å². The third-order valence-electron chi connectivity index (χ3n) is 6.36. The number of nitrogens with one attached hydrogen (secondary N) is 1. The molecule has 1 unspecified atom stereocenters. The summed E-state index contributed by atoms with van der Waals surface area (Å²) in [5.41, 5.74) is 5.24. The van der Waals surface area contributed by atoms with Crippen LogP contribution in [0.25, 0.3) is 0 Å². The molecule has 0 spiro atoms. The summed E-state index contributed by atoms with van der Waals surface area (Å²) in [6.45, 7) is 8.01. The van der Waals surface area contributed by atoms with E-state index in [2.05, 4.69) is 46.3 Å². The van der Waals surface area contributed by atoms with Crippen LogP contribution in [0.3, 0.4) is 0 Å². The molecule has 174 valence electrons. The van der Waals surface area contributed by atoms with Gasteiger partial charge in [0.2, 0.25) is 12.2 Å². The maximum atomic E-state index is 13.0. The van der Waals surface area contributed by atoms with Gasteiger partial charge in [-0.1, -0.05) is 32.0 Å². The van der Waals surface area contributed by atoms with Gasteiger partial charge in [-0.2, -0.15) is 5.10 Å². The van der Waals surface area contributed by atoms with Gasteiger partial charge in [0.1, 0.15) is 10.7 Å². The molecule has 4 heterocycles. The number of para-hydroxylation sites is 1. The van der Waals surface area contributed by atoms with E-state index in [0.29, 0.717) is 25.3 Å². The fourth-order valence-electron chi connectivity index (χ4n) is 4.74. The number of amides is 2. The van der Waals surface area contributed by atoms with Gasteiger partial charge in [-0.15, -0.1) is 11.3 Å². The topological polar surface area (TPSA) is 71.5 Å². The smallest absolute Gasteiger partial charge is 0.269 e. The molecule has 0 aliphatic carbocycles. The van der Waals surface area contributed by atoms with Crippen LogP contribution in [0.5, 0.6) is 0 Å². The number of amidine groups is 1. The highest BCUT2D eigenvalue weighted by molar-refractivity contribution is 7.12. The van der Waals surface area contributed by atoms with Crippen molar-refractivity contribution in [3.05, 3.63) is 46.7 Å². The number of hydrogen-bond donors (Lipinski definition) is 1. The lowest BCUT2D eigenvalue weighted by Gasteiger charge is -2.40. The molecule has 2 aromatic rings. The van der Waals surface area contributed by atoms with E-state index >= 15 is 0 Å². The van der Waals surface area contributed by atoms with Crippen molar-refractivity contribution in [2.75, 3.05) is 42.5 Å². The maximum Gasteiger partial charge on any atom is 0.269 e. The molecule has 0 radical (unpaired) electrons. The Bertz CT molecular complexity index is 1040. The number of carbonyl (C=O) groups is 2. The van der Waals surface area contributed by atoms with Crippen LogP contribution in [0.2, 0.25) is 0 Å². The van der Waals surface area contributed by atoms with Crippen LogP contribution in [-0.2, 0) is 4.79 Å². The first-order chi connectivity index (χ1) is 16.0. The van der Waals surface area contributed by atoms with Crippen LogP contribution in [0, 0.1) is 5.92 Å².